The van der Waals surface area contributed by atoms with Crippen molar-refractivity contribution in [1.82, 2.24) is 14.9 Å². The average Bonchev–Trinajstić information content (AvgIpc) is 2.85. The summed E-state index contributed by atoms with van der Waals surface area (Å²) in [6.07, 6.45) is 3.04. The molecule has 0 unspecified atom stereocenters. The van der Waals surface area contributed by atoms with E-state index in [1.165, 1.54) is 28.1 Å². The fourth-order valence-electron chi connectivity index (χ4n) is 4.64. The highest BCUT2D eigenvalue weighted by molar-refractivity contribution is 5.51. The Morgan fingerprint density at radius 3 is 2.41 bits per heavy atom. The Hall–Kier alpha value is -3.12. The van der Waals surface area contributed by atoms with Gasteiger partial charge in [0.25, 0.3) is 0 Å². The Morgan fingerprint density at radius 1 is 0.906 bits per heavy atom. The third-order valence-electron chi connectivity index (χ3n) is 6.66. The van der Waals surface area contributed by atoms with Gasteiger partial charge >= 0.3 is 0 Å². The first kappa shape index (κ1) is 20.8. The van der Waals surface area contributed by atoms with Crippen LogP contribution in [0.2, 0.25) is 0 Å². The molecule has 5 rings (SSSR count). The van der Waals surface area contributed by atoms with Crippen LogP contribution >= 0.6 is 0 Å². The number of aromatic nitrogens is 2. The van der Waals surface area contributed by atoms with Crippen LogP contribution < -0.4 is 14.5 Å². The Labute approximate surface area is 190 Å². The Balaban J connectivity index is 1.20. The first-order valence-corrected chi connectivity index (χ1v) is 11.5. The predicted octanol–water partition coefficient (Wildman–Crippen LogP) is 3.68. The van der Waals surface area contributed by atoms with E-state index in [0.29, 0.717) is 0 Å². The molecule has 0 spiro atoms. The molecule has 1 aromatic heterocycles. The molecular formula is C26H31N5O. The monoisotopic (exact) mass is 429 g/mol. The smallest absolute Gasteiger partial charge is 0.225 e. The van der Waals surface area contributed by atoms with E-state index in [4.69, 9.17) is 14.7 Å². The topological polar surface area (TPSA) is 44.7 Å². The van der Waals surface area contributed by atoms with E-state index in [0.717, 1.165) is 63.9 Å². The van der Waals surface area contributed by atoms with Crippen molar-refractivity contribution < 1.29 is 4.74 Å². The van der Waals surface area contributed by atoms with Gasteiger partial charge in [-0.05, 0) is 42.3 Å². The zero-order chi connectivity index (χ0) is 21.9. The van der Waals surface area contributed by atoms with E-state index in [1.807, 2.05) is 12.1 Å². The molecule has 3 heterocycles. The van der Waals surface area contributed by atoms with Crippen LogP contribution in [0.4, 0.5) is 11.6 Å². The Bertz CT molecular complexity index is 1060. The van der Waals surface area contributed by atoms with Gasteiger partial charge in [-0.3, -0.25) is 4.90 Å². The molecule has 166 valence electrons. The van der Waals surface area contributed by atoms with E-state index < -0.39 is 0 Å². The third kappa shape index (κ3) is 4.41. The van der Waals surface area contributed by atoms with Gasteiger partial charge in [-0.1, -0.05) is 24.3 Å². The summed E-state index contributed by atoms with van der Waals surface area (Å²) in [5.74, 6) is 1.78. The van der Waals surface area contributed by atoms with Crippen LogP contribution in [0.5, 0.6) is 5.75 Å². The SMILES string of the molecule is COc1ccc(N2CCN(c3ncc4c(n3)CCN(Cc3ccccc3C)C4)CC2)cc1. The molecule has 0 amide bonds. The number of rotatable bonds is 5. The molecule has 0 atom stereocenters. The maximum atomic E-state index is 5.27. The molecule has 2 aliphatic rings. The van der Waals surface area contributed by atoms with Crippen molar-refractivity contribution in [2.24, 2.45) is 0 Å². The number of hydrogen-bond acceptors (Lipinski definition) is 6. The predicted molar refractivity (Wildman–Crippen MR) is 128 cm³/mol. The van der Waals surface area contributed by atoms with Gasteiger partial charge < -0.3 is 14.5 Å². The summed E-state index contributed by atoms with van der Waals surface area (Å²) in [4.78, 5) is 17.0. The van der Waals surface area contributed by atoms with Gasteiger partial charge in [-0.15, -0.1) is 0 Å². The largest absolute Gasteiger partial charge is 0.497 e. The van der Waals surface area contributed by atoms with Gasteiger partial charge in [0.2, 0.25) is 5.95 Å². The van der Waals surface area contributed by atoms with Crippen molar-refractivity contribution >= 4 is 11.6 Å². The Morgan fingerprint density at radius 2 is 1.66 bits per heavy atom. The number of hydrogen-bond donors (Lipinski definition) is 0. The van der Waals surface area contributed by atoms with Crippen LogP contribution in [0.25, 0.3) is 0 Å². The van der Waals surface area contributed by atoms with Gasteiger partial charge in [0.15, 0.2) is 0 Å². The lowest BCUT2D eigenvalue weighted by atomic mass is 10.0. The molecule has 2 aliphatic heterocycles. The number of ether oxygens (including phenoxy) is 1. The number of anilines is 2. The van der Waals surface area contributed by atoms with Gasteiger partial charge in [-0.25, -0.2) is 9.97 Å². The van der Waals surface area contributed by atoms with E-state index in [1.54, 1.807) is 7.11 Å². The summed E-state index contributed by atoms with van der Waals surface area (Å²) >= 11 is 0. The first-order chi connectivity index (χ1) is 15.7. The lowest BCUT2D eigenvalue weighted by molar-refractivity contribution is 0.242. The maximum Gasteiger partial charge on any atom is 0.225 e. The molecule has 0 radical (unpaired) electrons. The fraction of sp³-hybridized carbons (Fsp3) is 0.385. The van der Waals surface area contributed by atoms with Crippen LogP contribution in [-0.2, 0) is 19.5 Å². The van der Waals surface area contributed by atoms with Crippen LogP contribution in [0.15, 0.2) is 54.7 Å². The number of aryl methyl sites for hydroxylation is 1. The molecule has 0 saturated carbocycles. The summed E-state index contributed by atoms with van der Waals surface area (Å²) in [5.41, 5.74) is 6.49. The normalized spacial score (nSPS) is 16.7. The van der Waals surface area contributed by atoms with Crippen molar-refractivity contribution in [2.45, 2.75) is 26.4 Å². The summed E-state index contributed by atoms with van der Waals surface area (Å²) in [7, 11) is 1.70. The number of piperazine rings is 1. The van der Waals surface area contributed by atoms with Gasteiger partial charge in [0.1, 0.15) is 5.75 Å². The van der Waals surface area contributed by atoms with E-state index >= 15 is 0 Å². The third-order valence-corrected chi connectivity index (χ3v) is 6.66. The number of fused-ring (bicyclic) bond motifs is 1. The molecule has 6 nitrogen and oxygen atoms in total. The average molecular weight is 430 g/mol. The summed E-state index contributed by atoms with van der Waals surface area (Å²) in [6.45, 7) is 8.96. The van der Waals surface area contributed by atoms with Crippen molar-refractivity contribution in [1.29, 1.82) is 0 Å². The molecule has 6 heteroatoms. The molecule has 1 fully saturated rings. The zero-order valence-corrected chi connectivity index (χ0v) is 19.0. The van der Waals surface area contributed by atoms with Gasteiger partial charge in [0.05, 0.1) is 12.8 Å². The van der Waals surface area contributed by atoms with Gasteiger partial charge in [0, 0.05) is 69.7 Å². The lowest BCUT2D eigenvalue weighted by Gasteiger charge is -2.36. The minimum Gasteiger partial charge on any atom is -0.497 e. The molecule has 3 aromatic rings. The quantitative estimate of drug-likeness (QED) is 0.617. The maximum absolute atomic E-state index is 5.27. The number of nitrogens with zero attached hydrogens (tertiary/aromatic N) is 5. The van der Waals surface area contributed by atoms with Crippen molar-refractivity contribution in [3.05, 3.63) is 77.1 Å². The minimum absolute atomic E-state index is 0.880. The fourth-order valence-corrected chi connectivity index (χ4v) is 4.64. The molecule has 0 bridgehead atoms. The second-order valence-electron chi connectivity index (χ2n) is 8.70. The van der Waals surface area contributed by atoms with Crippen LogP contribution in [0.3, 0.4) is 0 Å². The second kappa shape index (κ2) is 9.17. The van der Waals surface area contributed by atoms with Gasteiger partial charge in [-0.2, -0.15) is 0 Å². The highest BCUT2D eigenvalue weighted by atomic mass is 16.5. The van der Waals surface area contributed by atoms with Crippen LogP contribution in [0, 0.1) is 6.92 Å². The van der Waals surface area contributed by atoms with Crippen molar-refractivity contribution in [3.8, 4) is 5.75 Å². The summed E-state index contributed by atoms with van der Waals surface area (Å²) in [6, 6.07) is 17.0. The molecule has 0 N–H and O–H groups in total. The lowest BCUT2D eigenvalue weighted by Crippen LogP contribution is -2.47. The van der Waals surface area contributed by atoms with E-state index in [2.05, 4.69) is 64.2 Å². The van der Waals surface area contributed by atoms with E-state index in [9.17, 15) is 0 Å². The van der Waals surface area contributed by atoms with Crippen molar-refractivity contribution in [2.75, 3.05) is 49.6 Å². The highest BCUT2D eigenvalue weighted by Crippen LogP contribution is 2.24. The molecule has 2 aromatic carbocycles. The zero-order valence-electron chi connectivity index (χ0n) is 19.0. The summed E-state index contributed by atoms with van der Waals surface area (Å²) < 4.78 is 5.27. The Kier molecular flexibility index (Phi) is 5.95. The second-order valence-corrected chi connectivity index (χ2v) is 8.70. The first-order valence-electron chi connectivity index (χ1n) is 11.5. The van der Waals surface area contributed by atoms with Crippen LogP contribution in [-0.4, -0.2) is 54.7 Å². The minimum atomic E-state index is 0.880. The highest BCUT2D eigenvalue weighted by Gasteiger charge is 2.23. The molecule has 0 aliphatic carbocycles. The number of methoxy groups -OCH3 is 1. The molecular weight excluding hydrogens is 398 g/mol. The standard InChI is InChI=1S/C26H31N5O/c1-20-5-3-4-6-21(20)18-29-12-11-25-22(19-29)17-27-26(28-25)31-15-13-30(14-16-31)23-7-9-24(32-2)10-8-23/h3-10,17H,11-16,18-19H2,1-2H3. The number of benzene rings is 2. The van der Waals surface area contributed by atoms with E-state index in [-0.39, 0.29) is 0 Å². The summed E-state index contributed by atoms with van der Waals surface area (Å²) in [5, 5.41) is 0. The molecule has 32 heavy (non-hydrogen) atoms. The van der Waals surface area contributed by atoms with Crippen molar-refractivity contribution in [3.63, 3.8) is 0 Å². The molecule has 1 saturated heterocycles. The van der Waals surface area contributed by atoms with Crippen LogP contribution in [0.1, 0.15) is 22.4 Å².